The van der Waals surface area contributed by atoms with Gasteiger partial charge in [-0.15, -0.1) is 0 Å². The second kappa shape index (κ2) is 11.5. The quantitative estimate of drug-likeness (QED) is 0.479. The number of carbonyl (C=O) groups excluding carboxylic acids is 3. The third kappa shape index (κ3) is 5.74. The topological polar surface area (TPSA) is 88.5 Å². The lowest BCUT2D eigenvalue weighted by atomic mass is 9.93. The van der Waals surface area contributed by atoms with Crippen LogP contribution >= 0.6 is 11.8 Å². The molecule has 37 heavy (non-hydrogen) atoms. The van der Waals surface area contributed by atoms with E-state index in [0.29, 0.717) is 54.7 Å². The molecule has 1 aromatic rings. The molecule has 1 amide bonds. The number of halogens is 1. The van der Waals surface area contributed by atoms with Gasteiger partial charge in [0.2, 0.25) is 5.91 Å². The second-order valence-corrected chi connectivity index (χ2v) is 10.3. The average molecular weight is 530 g/mol. The molecule has 4 rings (SSSR count). The molecule has 1 aromatic carbocycles. The van der Waals surface area contributed by atoms with E-state index in [1.165, 1.54) is 17.8 Å². The first-order chi connectivity index (χ1) is 17.7. The smallest absolute Gasteiger partial charge is 0.338 e. The van der Waals surface area contributed by atoms with Crippen molar-refractivity contribution in [3.8, 4) is 0 Å². The van der Waals surface area contributed by atoms with E-state index < -0.39 is 17.8 Å². The number of amidine groups is 1. The lowest BCUT2D eigenvalue weighted by molar-refractivity contribution is -0.151. The number of benzene rings is 1. The molecule has 0 N–H and O–H groups in total. The van der Waals surface area contributed by atoms with Crippen LogP contribution in [0, 0.1) is 11.7 Å². The molecule has 0 saturated carbocycles. The van der Waals surface area contributed by atoms with Gasteiger partial charge in [0.1, 0.15) is 5.82 Å². The van der Waals surface area contributed by atoms with E-state index in [1.54, 1.807) is 55.7 Å². The molecular weight excluding hydrogens is 497 g/mol. The Morgan fingerprint density at radius 3 is 2.70 bits per heavy atom. The molecule has 8 nitrogen and oxygen atoms in total. The molecule has 2 atom stereocenters. The number of nitrogens with zero attached hydrogens (tertiary/aromatic N) is 3. The summed E-state index contributed by atoms with van der Waals surface area (Å²) in [6, 6.07) is 5.46. The molecule has 3 heterocycles. The van der Waals surface area contributed by atoms with Gasteiger partial charge in [-0.3, -0.25) is 9.59 Å². The molecular formula is C27H32FN3O5S. The minimum Gasteiger partial charge on any atom is -0.466 e. The van der Waals surface area contributed by atoms with Crippen molar-refractivity contribution in [2.75, 3.05) is 19.7 Å². The molecule has 0 aliphatic carbocycles. The maximum absolute atomic E-state index is 15.1. The van der Waals surface area contributed by atoms with Gasteiger partial charge in [-0.05, 0) is 52.0 Å². The number of allylic oxidation sites excluding steroid dienone is 1. The molecule has 0 unspecified atom stereocenters. The number of likely N-dealkylation sites (tertiary alicyclic amines) is 1. The number of ether oxygens (including phenoxy) is 2. The second-order valence-electron chi connectivity index (χ2n) is 9.48. The number of fused-ring (bicyclic) bond motifs is 1. The van der Waals surface area contributed by atoms with Crippen molar-refractivity contribution >= 4 is 34.8 Å². The zero-order valence-electron chi connectivity index (χ0n) is 21.5. The predicted molar refractivity (Wildman–Crippen MR) is 139 cm³/mol. The van der Waals surface area contributed by atoms with E-state index in [-0.39, 0.29) is 35.9 Å². The molecule has 3 aliphatic heterocycles. The Balaban J connectivity index is 1.62. The van der Waals surface area contributed by atoms with Crippen LogP contribution in [0.25, 0.3) is 0 Å². The number of hydrogen-bond acceptors (Lipinski definition) is 8. The zero-order valence-corrected chi connectivity index (χ0v) is 22.3. The summed E-state index contributed by atoms with van der Waals surface area (Å²) in [4.78, 5) is 46.9. The van der Waals surface area contributed by atoms with Gasteiger partial charge in [0.15, 0.2) is 5.17 Å². The van der Waals surface area contributed by atoms with E-state index in [0.717, 1.165) is 0 Å². The fourth-order valence-electron chi connectivity index (χ4n) is 4.82. The molecule has 1 saturated heterocycles. The van der Waals surface area contributed by atoms with Crippen LogP contribution in [-0.2, 0) is 23.9 Å². The zero-order chi connectivity index (χ0) is 26.7. The molecule has 0 aromatic heterocycles. The van der Waals surface area contributed by atoms with Crippen molar-refractivity contribution in [1.82, 2.24) is 9.80 Å². The molecule has 10 heteroatoms. The largest absolute Gasteiger partial charge is 0.466 e. The van der Waals surface area contributed by atoms with Gasteiger partial charge >= 0.3 is 11.9 Å². The average Bonchev–Trinajstić information content (AvgIpc) is 3.25. The monoisotopic (exact) mass is 529 g/mol. The van der Waals surface area contributed by atoms with Gasteiger partial charge < -0.3 is 19.3 Å². The highest BCUT2D eigenvalue weighted by atomic mass is 32.2. The van der Waals surface area contributed by atoms with Gasteiger partial charge in [-0.25, -0.2) is 14.2 Å². The van der Waals surface area contributed by atoms with Crippen molar-refractivity contribution in [2.24, 2.45) is 10.9 Å². The van der Waals surface area contributed by atoms with Crippen molar-refractivity contribution in [1.29, 1.82) is 0 Å². The van der Waals surface area contributed by atoms with Crippen LogP contribution in [0.1, 0.15) is 58.6 Å². The summed E-state index contributed by atoms with van der Waals surface area (Å²) in [6.45, 7) is 8.14. The van der Waals surface area contributed by atoms with Crippen LogP contribution in [0.4, 0.5) is 4.39 Å². The first kappa shape index (κ1) is 26.9. The maximum Gasteiger partial charge on any atom is 0.338 e. The Hall–Kier alpha value is -3.14. The van der Waals surface area contributed by atoms with Crippen LogP contribution in [0.5, 0.6) is 0 Å². The van der Waals surface area contributed by atoms with Gasteiger partial charge in [0, 0.05) is 24.4 Å². The van der Waals surface area contributed by atoms with Crippen LogP contribution < -0.4 is 0 Å². The van der Waals surface area contributed by atoms with Crippen molar-refractivity contribution in [3.63, 3.8) is 0 Å². The summed E-state index contributed by atoms with van der Waals surface area (Å²) in [6.07, 6.45) is 1.06. The van der Waals surface area contributed by atoms with E-state index in [1.807, 2.05) is 5.41 Å². The molecule has 1 fully saturated rings. The lowest BCUT2D eigenvalue weighted by Crippen LogP contribution is -2.44. The number of esters is 2. The molecule has 0 radical (unpaired) electrons. The first-order valence-corrected chi connectivity index (χ1v) is 13.4. The third-order valence-corrected chi connectivity index (χ3v) is 7.38. The van der Waals surface area contributed by atoms with E-state index in [2.05, 4.69) is 4.99 Å². The normalized spacial score (nSPS) is 21.5. The molecule has 3 aliphatic rings. The summed E-state index contributed by atoms with van der Waals surface area (Å²) in [5, 5.41) is 2.39. The van der Waals surface area contributed by atoms with Crippen LogP contribution in [0.15, 0.2) is 51.6 Å². The number of rotatable bonds is 7. The number of piperidine rings is 1. The van der Waals surface area contributed by atoms with Crippen molar-refractivity contribution in [2.45, 2.75) is 59.1 Å². The number of amides is 1. The highest BCUT2D eigenvalue weighted by molar-refractivity contribution is 8.16. The summed E-state index contributed by atoms with van der Waals surface area (Å²) >= 11 is 1.33. The number of thioether (sulfide) groups is 1. The highest BCUT2D eigenvalue weighted by Crippen LogP contribution is 2.45. The number of carbonyl (C=O) groups is 3. The summed E-state index contributed by atoms with van der Waals surface area (Å²) in [5.41, 5.74) is 1.60. The Morgan fingerprint density at radius 2 is 2.00 bits per heavy atom. The minimum atomic E-state index is -0.831. The van der Waals surface area contributed by atoms with E-state index in [9.17, 15) is 14.4 Å². The van der Waals surface area contributed by atoms with E-state index in [4.69, 9.17) is 9.47 Å². The van der Waals surface area contributed by atoms with Crippen LogP contribution in [0.2, 0.25) is 0 Å². The van der Waals surface area contributed by atoms with Crippen LogP contribution in [0.3, 0.4) is 0 Å². The van der Waals surface area contributed by atoms with Crippen molar-refractivity contribution < 1.29 is 28.2 Å². The number of hydrogen-bond donors (Lipinski definition) is 0. The fraction of sp³-hybridized carbons (Fsp3) is 0.481. The fourth-order valence-corrected chi connectivity index (χ4v) is 5.79. The molecule has 0 bridgehead atoms. The van der Waals surface area contributed by atoms with Crippen molar-refractivity contribution in [3.05, 3.63) is 58.0 Å². The van der Waals surface area contributed by atoms with Crippen LogP contribution in [-0.4, -0.2) is 58.6 Å². The molecule has 198 valence electrons. The van der Waals surface area contributed by atoms with E-state index >= 15 is 4.39 Å². The van der Waals surface area contributed by atoms with Gasteiger partial charge in [-0.1, -0.05) is 30.0 Å². The maximum atomic E-state index is 15.1. The standard InChI is InChI=1S/C27H32FN3O5S/c1-5-35-25(33)18-9-8-12-30(14-18)22(32)13-19-15-37-27-29-17(4)23(26(34)36-16(2)3)24(31(19)27)20-10-6-7-11-21(20)28/h6-7,10-11,15-16,18,24H,5,8-9,12-14H2,1-4H3/t18-,24+/m0/s1. The molecule has 0 spiro atoms. The summed E-state index contributed by atoms with van der Waals surface area (Å²) < 4.78 is 25.8. The number of aliphatic imine (C=N–C) groups is 1. The van der Waals surface area contributed by atoms with Gasteiger partial charge in [0.25, 0.3) is 0 Å². The predicted octanol–water partition coefficient (Wildman–Crippen LogP) is 4.54. The minimum absolute atomic E-state index is 0.0259. The highest BCUT2D eigenvalue weighted by Gasteiger charge is 2.43. The summed E-state index contributed by atoms with van der Waals surface area (Å²) in [7, 11) is 0. The Morgan fingerprint density at radius 1 is 1.24 bits per heavy atom. The third-order valence-electron chi connectivity index (χ3n) is 6.49. The first-order valence-electron chi connectivity index (χ1n) is 12.5. The van der Waals surface area contributed by atoms with Gasteiger partial charge in [0.05, 0.1) is 42.4 Å². The lowest BCUT2D eigenvalue weighted by Gasteiger charge is -2.37. The Labute approximate surface area is 220 Å². The Bertz CT molecular complexity index is 1180. The Kier molecular flexibility index (Phi) is 8.36. The van der Waals surface area contributed by atoms with Gasteiger partial charge in [-0.2, -0.15) is 0 Å². The SMILES string of the molecule is CCOC(=O)[C@H]1CCCN(C(=O)CC2=CSC3=NC(C)=C(C(=O)OC(C)C)[C@@H](c4ccccc4F)N23)C1. The summed E-state index contributed by atoms with van der Waals surface area (Å²) in [5.74, 6) is -1.81.